The van der Waals surface area contributed by atoms with E-state index < -0.39 is 6.10 Å². The quantitative estimate of drug-likeness (QED) is 0.665. The summed E-state index contributed by atoms with van der Waals surface area (Å²) in [7, 11) is 1.58. The van der Waals surface area contributed by atoms with Crippen molar-refractivity contribution in [2.24, 2.45) is 0 Å². The first-order chi connectivity index (χ1) is 14.2. The largest absolute Gasteiger partial charge is 0.481 e. The van der Waals surface area contributed by atoms with Gasteiger partial charge in [0.25, 0.3) is 5.91 Å². The fourth-order valence-corrected chi connectivity index (χ4v) is 3.57. The molecule has 1 saturated heterocycles. The van der Waals surface area contributed by atoms with Crippen molar-refractivity contribution in [1.29, 1.82) is 0 Å². The zero-order valence-electron chi connectivity index (χ0n) is 16.6. The van der Waals surface area contributed by atoms with E-state index in [0.717, 1.165) is 22.3 Å². The normalized spacial score (nSPS) is 15.2. The van der Waals surface area contributed by atoms with Crippen LogP contribution in [0.3, 0.4) is 0 Å². The van der Waals surface area contributed by atoms with Crippen LogP contribution >= 0.6 is 0 Å². The fraction of sp³-hybridized carbons (Fsp3) is 0.318. The SMILES string of the molecule is COc1cc(N2CCN(C(=O)C(C)Oc3cccc4ccccc34)CC2)ncn1. The molecular formula is C22H24N4O3. The molecule has 1 aliphatic rings. The molecule has 0 bridgehead atoms. The number of anilines is 1. The second-order valence-electron chi connectivity index (χ2n) is 6.97. The van der Waals surface area contributed by atoms with Gasteiger partial charge in [0.2, 0.25) is 5.88 Å². The zero-order chi connectivity index (χ0) is 20.2. The van der Waals surface area contributed by atoms with E-state index in [1.165, 1.54) is 6.33 Å². The summed E-state index contributed by atoms with van der Waals surface area (Å²) in [5.41, 5.74) is 0. The Morgan fingerprint density at radius 2 is 1.79 bits per heavy atom. The molecule has 1 atom stereocenters. The van der Waals surface area contributed by atoms with E-state index in [-0.39, 0.29) is 5.91 Å². The van der Waals surface area contributed by atoms with Gasteiger partial charge in [0, 0.05) is 37.6 Å². The number of hydrogen-bond donors (Lipinski definition) is 0. The highest BCUT2D eigenvalue weighted by molar-refractivity contribution is 5.89. The van der Waals surface area contributed by atoms with E-state index in [0.29, 0.717) is 32.1 Å². The summed E-state index contributed by atoms with van der Waals surface area (Å²) in [4.78, 5) is 25.2. The van der Waals surface area contributed by atoms with Crippen molar-refractivity contribution in [2.45, 2.75) is 13.0 Å². The number of amides is 1. The van der Waals surface area contributed by atoms with Crippen molar-refractivity contribution in [2.75, 3.05) is 38.2 Å². The lowest BCUT2D eigenvalue weighted by Gasteiger charge is -2.36. The molecule has 0 N–H and O–H groups in total. The molecule has 150 valence electrons. The van der Waals surface area contributed by atoms with Crippen molar-refractivity contribution in [3.63, 3.8) is 0 Å². The molecule has 0 radical (unpaired) electrons. The number of fused-ring (bicyclic) bond motifs is 1. The maximum Gasteiger partial charge on any atom is 0.263 e. The third-order valence-corrected chi connectivity index (χ3v) is 5.15. The molecule has 0 saturated carbocycles. The highest BCUT2D eigenvalue weighted by Crippen LogP contribution is 2.26. The van der Waals surface area contributed by atoms with Crippen molar-refractivity contribution in [1.82, 2.24) is 14.9 Å². The summed E-state index contributed by atoms with van der Waals surface area (Å²) in [5, 5.41) is 2.11. The van der Waals surface area contributed by atoms with Crippen molar-refractivity contribution in [3.05, 3.63) is 54.9 Å². The summed E-state index contributed by atoms with van der Waals surface area (Å²) in [6.45, 7) is 4.45. The topological polar surface area (TPSA) is 67.8 Å². The number of rotatable bonds is 5. The molecule has 7 nitrogen and oxygen atoms in total. The van der Waals surface area contributed by atoms with Crippen LogP contribution in [0.1, 0.15) is 6.92 Å². The molecule has 0 aliphatic carbocycles. The molecule has 1 fully saturated rings. The molecule has 1 amide bonds. The van der Waals surface area contributed by atoms with Gasteiger partial charge < -0.3 is 19.3 Å². The third-order valence-electron chi connectivity index (χ3n) is 5.15. The van der Waals surface area contributed by atoms with Crippen molar-refractivity contribution >= 4 is 22.5 Å². The number of methoxy groups -OCH3 is 1. The van der Waals surface area contributed by atoms with Crippen molar-refractivity contribution in [3.8, 4) is 11.6 Å². The molecule has 3 aromatic rings. The van der Waals surface area contributed by atoms with Gasteiger partial charge in [-0.15, -0.1) is 0 Å². The number of nitrogens with zero attached hydrogens (tertiary/aromatic N) is 4. The van der Waals surface area contributed by atoms with E-state index >= 15 is 0 Å². The van der Waals surface area contributed by atoms with Crippen LogP contribution in [0.4, 0.5) is 5.82 Å². The van der Waals surface area contributed by atoms with Gasteiger partial charge >= 0.3 is 0 Å². The monoisotopic (exact) mass is 392 g/mol. The summed E-state index contributed by atoms with van der Waals surface area (Å²) in [5.74, 6) is 2.07. The van der Waals surface area contributed by atoms with Crippen LogP contribution < -0.4 is 14.4 Å². The van der Waals surface area contributed by atoms with Crippen LogP contribution in [-0.2, 0) is 4.79 Å². The molecule has 0 spiro atoms. The number of aromatic nitrogens is 2. The van der Waals surface area contributed by atoms with E-state index in [2.05, 4.69) is 14.9 Å². The first-order valence-corrected chi connectivity index (χ1v) is 9.70. The Kier molecular flexibility index (Phi) is 5.46. The van der Waals surface area contributed by atoms with Crippen LogP contribution in [0.2, 0.25) is 0 Å². The number of carbonyl (C=O) groups is 1. The summed E-state index contributed by atoms with van der Waals surface area (Å²) < 4.78 is 11.2. The first kappa shape index (κ1) is 19.0. The molecule has 2 aromatic carbocycles. The smallest absolute Gasteiger partial charge is 0.263 e. The Balaban J connectivity index is 1.39. The molecule has 29 heavy (non-hydrogen) atoms. The minimum atomic E-state index is -0.550. The molecular weight excluding hydrogens is 368 g/mol. The number of carbonyl (C=O) groups excluding carboxylic acids is 1. The number of ether oxygens (including phenoxy) is 2. The predicted octanol–water partition coefficient (Wildman–Crippen LogP) is 2.75. The minimum absolute atomic E-state index is 0.00199. The van der Waals surface area contributed by atoms with Gasteiger partial charge in [-0.05, 0) is 18.4 Å². The van der Waals surface area contributed by atoms with Gasteiger partial charge in [-0.3, -0.25) is 4.79 Å². The van der Waals surface area contributed by atoms with Crippen LogP contribution in [0.15, 0.2) is 54.9 Å². The first-order valence-electron chi connectivity index (χ1n) is 9.70. The maximum absolute atomic E-state index is 12.9. The van der Waals surface area contributed by atoms with Gasteiger partial charge in [-0.1, -0.05) is 36.4 Å². The summed E-state index contributed by atoms with van der Waals surface area (Å²) >= 11 is 0. The molecule has 7 heteroatoms. The summed E-state index contributed by atoms with van der Waals surface area (Å²) in [6, 6.07) is 15.7. The Hall–Kier alpha value is -3.35. The van der Waals surface area contributed by atoms with Gasteiger partial charge in [0.05, 0.1) is 7.11 Å². The lowest BCUT2D eigenvalue weighted by atomic mass is 10.1. The molecule has 1 aromatic heterocycles. The fourth-order valence-electron chi connectivity index (χ4n) is 3.57. The van der Waals surface area contributed by atoms with Crippen LogP contribution in [-0.4, -0.2) is 60.2 Å². The Morgan fingerprint density at radius 3 is 2.59 bits per heavy atom. The number of piperazine rings is 1. The molecule has 4 rings (SSSR count). The lowest BCUT2D eigenvalue weighted by molar-refractivity contribution is -0.138. The highest BCUT2D eigenvalue weighted by atomic mass is 16.5. The average Bonchev–Trinajstić information content (AvgIpc) is 2.79. The second-order valence-corrected chi connectivity index (χ2v) is 6.97. The minimum Gasteiger partial charge on any atom is -0.481 e. The third kappa shape index (κ3) is 4.08. The lowest BCUT2D eigenvalue weighted by Crippen LogP contribution is -2.52. The van der Waals surface area contributed by atoms with E-state index in [4.69, 9.17) is 9.47 Å². The van der Waals surface area contributed by atoms with Gasteiger partial charge in [0.1, 0.15) is 17.9 Å². The molecule has 1 aliphatic heterocycles. The van der Waals surface area contributed by atoms with Crippen LogP contribution in [0.25, 0.3) is 10.8 Å². The van der Waals surface area contributed by atoms with E-state index in [9.17, 15) is 4.79 Å². The highest BCUT2D eigenvalue weighted by Gasteiger charge is 2.27. The Bertz CT molecular complexity index is 997. The number of hydrogen-bond acceptors (Lipinski definition) is 6. The summed E-state index contributed by atoms with van der Waals surface area (Å²) in [6.07, 6.45) is 0.942. The van der Waals surface area contributed by atoms with E-state index in [1.807, 2.05) is 60.4 Å². The Labute approximate surface area is 169 Å². The zero-order valence-corrected chi connectivity index (χ0v) is 16.6. The average molecular weight is 392 g/mol. The Morgan fingerprint density at radius 1 is 1.03 bits per heavy atom. The van der Waals surface area contributed by atoms with Gasteiger partial charge in [-0.25, -0.2) is 9.97 Å². The standard InChI is InChI=1S/C22H24N4O3/c1-16(29-19-9-5-7-17-6-3-4-8-18(17)19)22(27)26-12-10-25(11-13-26)20-14-21(28-2)24-15-23-20/h3-9,14-16H,10-13H2,1-2H3. The van der Waals surface area contributed by atoms with Gasteiger partial charge in [0.15, 0.2) is 6.10 Å². The van der Waals surface area contributed by atoms with Crippen LogP contribution in [0.5, 0.6) is 11.6 Å². The van der Waals surface area contributed by atoms with E-state index in [1.54, 1.807) is 7.11 Å². The molecule has 1 unspecified atom stereocenters. The maximum atomic E-state index is 12.9. The molecule has 2 heterocycles. The van der Waals surface area contributed by atoms with Gasteiger partial charge in [-0.2, -0.15) is 0 Å². The number of benzene rings is 2. The second kappa shape index (κ2) is 8.34. The predicted molar refractivity (Wildman–Crippen MR) is 111 cm³/mol. The van der Waals surface area contributed by atoms with Crippen molar-refractivity contribution < 1.29 is 14.3 Å². The van der Waals surface area contributed by atoms with Crippen LogP contribution in [0, 0.1) is 0 Å².